The van der Waals surface area contributed by atoms with Crippen LogP contribution in [0.25, 0.3) is 0 Å². The first kappa shape index (κ1) is 26.6. The van der Waals surface area contributed by atoms with E-state index in [-0.39, 0.29) is 50.7 Å². The maximum atomic E-state index is 11.9. The van der Waals surface area contributed by atoms with Crippen molar-refractivity contribution in [3.8, 4) is 0 Å². The van der Waals surface area contributed by atoms with E-state index in [1.165, 1.54) is 0 Å². The first-order chi connectivity index (χ1) is 17.0. The number of carbonyl (C=O) groups excluding carboxylic acids is 1. The van der Waals surface area contributed by atoms with E-state index in [0.717, 1.165) is 64.2 Å². The number of hydrogen-bond acceptors (Lipinski definition) is 5. The highest BCUT2D eigenvalue weighted by Gasteiger charge is 2.82. The van der Waals surface area contributed by atoms with E-state index >= 15 is 0 Å². The highest BCUT2D eigenvalue weighted by molar-refractivity contribution is 5.66. The van der Waals surface area contributed by atoms with Gasteiger partial charge in [0.05, 0.1) is 17.1 Å². The average Bonchev–Trinajstić information content (AvgIpc) is 2.98. The minimum atomic E-state index is -0.865. The Morgan fingerprint density at radius 2 is 1.49 bits per heavy atom. The van der Waals surface area contributed by atoms with Crippen molar-refractivity contribution >= 4 is 5.97 Å². The fourth-order valence-corrected chi connectivity index (χ4v) is 12.5. The predicted octanol–water partition coefficient (Wildman–Crippen LogP) is 6.24. The molecule has 6 aliphatic rings. The van der Waals surface area contributed by atoms with Crippen LogP contribution >= 0.6 is 0 Å². The molecule has 11 atom stereocenters. The van der Waals surface area contributed by atoms with Gasteiger partial charge in [-0.05, 0) is 92.3 Å². The van der Waals surface area contributed by atoms with Crippen molar-refractivity contribution in [3.63, 3.8) is 0 Å². The Bertz CT molecular complexity index is 990. The van der Waals surface area contributed by atoms with E-state index in [1.54, 1.807) is 6.92 Å². The van der Waals surface area contributed by atoms with Gasteiger partial charge >= 0.3 is 5.97 Å². The molecule has 0 aromatic heterocycles. The van der Waals surface area contributed by atoms with Gasteiger partial charge in [-0.15, -0.1) is 0 Å². The average molecular weight is 517 g/mol. The van der Waals surface area contributed by atoms with Crippen LogP contribution in [0, 0.1) is 50.2 Å². The van der Waals surface area contributed by atoms with Crippen molar-refractivity contribution in [2.75, 3.05) is 0 Å². The number of rotatable bonds is 1. The summed E-state index contributed by atoms with van der Waals surface area (Å²) in [5.41, 5.74) is -0.782. The van der Waals surface area contributed by atoms with Crippen LogP contribution < -0.4 is 0 Å². The van der Waals surface area contributed by atoms with E-state index in [2.05, 4.69) is 48.5 Å². The Morgan fingerprint density at radius 1 is 0.811 bits per heavy atom. The summed E-state index contributed by atoms with van der Waals surface area (Å²) in [5.74, 6) is 1.04. The summed E-state index contributed by atoms with van der Waals surface area (Å²) in [6.45, 7) is 18.4. The number of ether oxygens (including phenoxy) is 2. The van der Waals surface area contributed by atoms with E-state index in [1.807, 2.05) is 0 Å². The van der Waals surface area contributed by atoms with Crippen molar-refractivity contribution in [2.45, 2.75) is 144 Å². The summed E-state index contributed by atoms with van der Waals surface area (Å²) in [5, 5.41) is 23.5. The molecule has 37 heavy (non-hydrogen) atoms. The molecule has 0 radical (unpaired) electrons. The molecule has 0 amide bonds. The molecule has 6 rings (SSSR count). The lowest BCUT2D eigenvalue weighted by molar-refractivity contribution is -0.303. The van der Waals surface area contributed by atoms with Crippen LogP contribution in [-0.4, -0.2) is 40.3 Å². The quantitative estimate of drug-likeness (QED) is 0.403. The van der Waals surface area contributed by atoms with Crippen molar-refractivity contribution in [3.05, 3.63) is 0 Å². The van der Waals surface area contributed by atoms with Gasteiger partial charge in [-0.3, -0.25) is 4.79 Å². The van der Waals surface area contributed by atoms with Gasteiger partial charge in [0.2, 0.25) is 0 Å². The van der Waals surface area contributed by atoms with Crippen LogP contribution in [0.5, 0.6) is 0 Å². The highest BCUT2D eigenvalue weighted by Crippen LogP contribution is 2.81. The zero-order valence-electron chi connectivity index (χ0n) is 24.7. The largest absolute Gasteiger partial charge is 0.462 e. The van der Waals surface area contributed by atoms with Crippen LogP contribution in [0.15, 0.2) is 0 Å². The first-order valence-corrected chi connectivity index (χ1v) is 15.2. The van der Waals surface area contributed by atoms with E-state index in [4.69, 9.17) is 9.47 Å². The Hall–Kier alpha value is -0.650. The maximum Gasteiger partial charge on any atom is 0.302 e. The molecule has 1 spiro atoms. The van der Waals surface area contributed by atoms with Crippen LogP contribution in [0.1, 0.15) is 120 Å². The number of aliphatic hydroxyl groups excluding tert-OH is 2. The Labute approximate surface area is 224 Å². The second kappa shape index (κ2) is 7.55. The number of esters is 1. The number of fused-ring (bicyclic) bond motifs is 4. The van der Waals surface area contributed by atoms with Crippen LogP contribution in [0.4, 0.5) is 0 Å². The predicted molar refractivity (Wildman–Crippen MR) is 142 cm³/mol. The lowest BCUT2D eigenvalue weighted by Crippen LogP contribution is -2.74. The summed E-state index contributed by atoms with van der Waals surface area (Å²) in [6.07, 6.45) is 8.53. The molecule has 5 nitrogen and oxygen atoms in total. The van der Waals surface area contributed by atoms with Crippen LogP contribution in [0.3, 0.4) is 0 Å². The molecule has 5 heteroatoms. The maximum absolute atomic E-state index is 11.9. The minimum absolute atomic E-state index is 0.0135. The van der Waals surface area contributed by atoms with Gasteiger partial charge in [0.25, 0.3) is 0 Å². The normalized spacial score (nSPS) is 57.4. The molecule has 1 saturated heterocycles. The van der Waals surface area contributed by atoms with Gasteiger partial charge in [0.15, 0.2) is 6.29 Å². The number of carbonyl (C=O) groups is 1. The van der Waals surface area contributed by atoms with Crippen molar-refractivity contribution in [1.82, 2.24) is 0 Å². The van der Waals surface area contributed by atoms with Gasteiger partial charge in [-0.25, -0.2) is 0 Å². The molecular formula is C32H52O5. The molecule has 210 valence electrons. The second-order valence-electron chi connectivity index (χ2n) is 16.5. The molecule has 2 N–H and O–H groups in total. The smallest absolute Gasteiger partial charge is 0.302 e. The monoisotopic (exact) mass is 516 g/mol. The van der Waals surface area contributed by atoms with Gasteiger partial charge in [0.1, 0.15) is 6.10 Å². The van der Waals surface area contributed by atoms with E-state index in [9.17, 15) is 15.0 Å². The number of hydrogen-bond donors (Lipinski definition) is 2. The molecule has 5 saturated carbocycles. The van der Waals surface area contributed by atoms with E-state index < -0.39 is 17.8 Å². The molecule has 2 bridgehead atoms. The molecule has 0 aromatic rings. The van der Waals surface area contributed by atoms with Gasteiger partial charge in [0, 0.05) is 23.7 Å². The summed E-state index contributed by atoms with van der Waals surface area (Å²) in [7, 11) is 0. The van der Waals surface area contributed by atoms with Gasteiger partial charge in [-0.1, -0.05) is 48.5 Å². The molecule has 1 aliphatic heterocycles. The third-order valence-corrected chi connectivity index (χ3v) is 14.5. The van der Waals surface area contributed by atoms with Crippen molar-refractivity contribution < 1.29 is 24.5 Å². The zero-order chi connectivity index (χ0) is 27.0. The topological polar surface area (TPSA) is 76.0 Å². The molecule has 6 fully saturated rings. The number of aliphatic hydroxyl groups is 2. The summed E-state index contributed by atoms with van der Waals surface area (Å²) < 4.78 is 12.8. The molecule has 0 unspecified atom stereocenters. The molecule has 1 heterocycles. The third-order valence-electron chi connectivity index (χ3n) is 14.5. The lowest BCUT2D eigenvalue weighted by Gasteiger charge is -2.74. The second-order valence-corrected chi connectivity index (χ2v) is 16.5. The SMILES string of the molecule is CC(=O)O[C@H]1CC[C@]2(C)[C@H]3CC[C@]45O[C@H](O)[C@@]6(CCC(C)(C)C[C@H]64)[C@H](O)C[C@@]5(C)[C@]3(C)CC[C@H]2C1(C)C. The minimum Gasteiger partial charge on any atom is -0.462 e. The Balaban J connectivity index is 1.42. The van der Waals surface area contributed by atoms with Crippen molar-refractivity contribution in [1.29, 1.82) is 0 Å². The van der Waals surface area contributed by atoms with Gasteiger partial charge < -0.3 is 19.7 Å². The summed E-state index contributed by atoms with van der Waals surface area (Å²) >= 11 is 0. The van der Waals surface area contributed by atoms with Crippen LogP contribution in [0.2, 0.25) is 0 Å². The standard InChI is InChI=1S/C32H52O5/c1-19(33)36-24-11-12-28(6)20(27(24,4)5)9-13-29(7)21(28)10-14-32-22-17-26(2,3)15-16-31(22,25(35)37-32)23(34)18-30(29,32)8/h20-25,34-35H,9-18H2,1-8H3/t20-,21+,22+,23+,24-,25-,28-,29+,30-,31+,32-/m0/s1. The first-order valence-electron chi connectivity index (χ1n) is 15.2. The Morgan fingerprint density at radius 3 is 2.16 bits per heavy atom. The summed E-state index contributed by atoms with van der Waals surface area (Å²) in [4.78, 5) is 11.9. The summed E-state index contributed by atoms with van der Waals surface area (Å²) in [6, 6.07) is 0. The molecule has 5 aliphatic carbocycles. The molecular weight excluding hydrogens is 464 g/mol. The van der Waals surface area contributed by atoms with Gasteiger partial charge in [-0.2, -0.15) is 0 Å². The fourth-order valence-electron chi connectivity index (χ4n) is 12.5. The highest BCUT2D eigenvalue weighted by atomic mass is 16.6. The third kappa shape index (κ3) is 2.95. The fraction of sp³-hybridized carbons (Fsp3) is 0.969. The molecule has 0 aromatic carbocycles. The van der Waals surface area contributed by atoms with Crippen molar-refractivity contribution in [2.24, 2.45) is 50.2 Å². The zero-order valence-corrected chi connectivity index (χ0v) is 24.7. The van der Waals surface area contributed by atoms with Crippen LogP contribution in [-0.2, 0) is 14.3 Å². The van der Waals surface area contributed by atoms with E-state index in [0.29, 0.717) is 11.8 Å². The Kier molecular flexibility index (Phi) is 5.42. The lowest BCUT2D eigenvalue weighted by atomic mass is 9.30.